The molecule has 0 amide bonds. The minimum Gasteiger partial charge on any atom is -0.196 e. The number of nitrogens with zero attached hydrogens (tertiary/aromatic N) is 2. The van der Waals surface area contributed by atoms with Crippen LogP contribution in [0.3, 0.4) is 0 Å². The topological polar surface area (TPSA) is 25.4 Å². The maximum Gasteiger partial charge on any atom is 0.508 e. The molecule has 0 aliphatic heterocycles. The maximum absolute atomic E-state index is 14.0. The van der Waals surface area contributed by atoms with Gasteiger partial charge in [-0.3, -0.25) is 0 Å². The van der Waals surface area contributed by atoms with Gasteiger partial charge in [0.1, 0.15) is 12.4 Å². The monoisotopic (exact) mass is 475 g/mol. The second kappa shape index (κ2) is 8.58. The summed E-state index contributed by atoms with van der Waals surface area (Å²) in [6, 6.07) is 43.6. The average Bonchev–Trinajstić information content (AvgIpc) is 3.42. The van der Waals surface area contributed by atoms with Gasteiger partial charge in [0.05, 0.1) is 5.39 Å². The van der Waals surface area contributed by atoms with E-state index < -0.39 is 0 Å². The first kappa shape index (κ1) is 21.3. The average molecular weight is 476 g/mol. The third-order valence-electron chi connectivity index (χ3n) is 7.05. The predicted molar refractivity (Wildman–Crippen MR) is 150 cm³/mol. The molecule has 37 heavy (non-hydrogen) atoms. The smallest absolute Gasteiger partial charge is 0.196 e. The zero-order valence-corrected chi connectivity index (χ0v) is 20.1. The van der Waals surface area contributed by atoms with E-state index in [0.717, 1.165) is 55.4 Å². The Morgan fingerprint density at radius 2 is 1.05 bits per heavy atom. The molecule has 0 saturated carbocycles. The van der Waals surface area contributed by atoms with E-state index in [1.807, 2.05) is 77.6 Å². The summed E-state index contributed by atoms with van der Waals surface area (Å²) in [7, 11) is 0. The van der Waals surface area contributed by atoms with Crippen LogP contribution in [0.5, 0.6) is 0 Å². The Hall–Kier alpha value is -5.02. The van der Waals surface area contributed by atoms with Crippen molar-refractivity contribution in [1.29, 1.82) is 0 Å². The lowest BCUT2D eigenvalue weighted by Gasteiger charge is -2.16. The molecule has 0 aliphatic carbocycles. The molecule has 3 heteroatoms. The molecule has 174 valence electrons. The fraction of sp³-hybridized carbons (Fsp3) is 0. The van der Waals surface area contributed by atoms with Crippen molar-refractivity contribution < 1.29 is 4.57 Å². The summed E-state index contributed by atoms with van der Waals surface area (Å²) in [5, 5.41) is 2.08. The third kappa shape index (κ3) is 3.52. The van der Waals surface area contributed by atoms with Crippen molar-refractivity contribution in [3.63, 3.8) is 0 Å². The Morgan fingerprint density at radius 1 is 0.514 bits per heavy atom. The van der Waals surface area contributed by atoms with Gasteiger partial charge < -0.3 is 0 Å². The Balaban J connectivity index is 1.64. The molecule has 0 saturated heterocycles. The van der Waals surface area contributed by atoms with Gasteiger partial charge in [0.2, 0.25) is 0 Å². The fourth-order valence-corrected chi connectivity index (χ4v) is 5.32. The highest BCUT2D eigenvalue weighted by atomic mass is 16.1. The molecule has 0 spiro atoms. The number of benzene rings is 5. The van der Waals surface area contributed by atoms with Gasteiger partial charge >= 0.3 is 5.69 Å². The number of para-hydroxylation sites is 1. The zero-order chi connectivity index (χ0) is 24.8. The van der Waals surface area contributed by atoms with E-state index in [9.17, 15) is 4.79 Å². The number of aromatic nitrogens is 2. The maximum atomic E-state index is 14.0. The summed E-state index contributed by atoms with van der Waals surface area (Å²) in [6.45, 7) is 0. The van der Waals surface area contributed by atoms with Gasteiger partial charge in [-0.05, 0) is 46.5 Å². The second-order valence-electron chi connectivity index (χ2n) is 9.27. The van der Waals surface area contributed by atoms with Gasteiger partial charge in [-0.15, -0.1) is 0 Å². The quantitative estimate of drug-likeness (QED) is 0.248. The lowest BCUT2D eigenvalue weighted by molar-refractivity contribution is -0.613. The van der Waals surface area contributed by atoms with E-state index in [4.69, 9.17) is 0 Å². The van der Waals surface area contributed by atoms with E-state index in [1.54, 1.807) is 4.40 Å². The molecule has 0 atom stereocenters. The van der Waals surface area contributed by atoms with Crippen molar-refractivity contribution in [2.75, 3.05) is 0 Å². The van der Waals surface area contributed by atoms with Crippen LogP contribution in [0.1, 0.15) is 0 Å². The fourth-order valence-electron chi connectivity index (χ4n) is 5.32. The Morgan fingerprint density at radius 3 is 1.65 bits per heavy atom. The van der Waals surface area contributed by atoms with Crippen molar-refractivity contribution in [2.24, 2.45) is 0 Å². The minimum atomic E-state index is -0.0875. The van der Waals surface area contributed by atoms with Crippen LogP contribution >= 0.6 is 0 Å². The van der Waals surface area contributed by atoms with Crippen molar-refractivity contribution in [3.05, 3.63) is 150 Å². The molecule has 7 rings (SSSR count). The van der Waals surface area contributed by atoms with Crippen LogP contribution in [-0.2, 0) is 0 Å². The van der Waals surface area contributed by atoms with Crippen molar-refractivity contribution in [2.45, 2.75) is 0 Å². The van der Waals surface area contributed by atoms with Crippen LogP contribution < -0.4 is 10.3 Å². The SMILES string of the molecule is O=c1n2ccc3cccc(c[n+]1-c1c(-c4ccccc4)cc(-c4ccccc4)cc1-c1ccccc1)c32. The Labute approximate surface area is 214 Å². The molecule has 2 aromatic heterocycles. The van der Waals surface area contributed by atoms with E-state index in [1.165, 1.54) is 0 Å². The summed E-state index contributed by atoms with van der Waals surface area (Å²) in [5.41, 5.74) is 8.11. The van der Waals surface area contributed by atoms with Crippen molar-refractivity contribution in [3.8, 4) is 39.1 Å². The highest BCUT2D eigenvalue weighted by Gasteiger charge is 2.25. The number of rotatable bonds is 4. The van der Waals surface area contributed by atoms with Crippen LogP contribution in [0.15, 0.2) is 145 Å². The summed E-state index contributed by atoms with van der Waals surface area (Å²) in [4.78, 5) is 14.0. The molecule has 0 N–H and O–H groups in total. The first-order valence-corrected chi connectivity index (χ1v) is 12.4. The van der Waals surface area contributed by atoms with Gasteiger partial charge in [0, 0.05) is 16.5 Å². The molecule has 7 aromatic rings. The van der Waals surface area contributed by atoms with Gasteiger partial charge in [0.15, 0.2) is 11.2 Å². The highest BCUT2D eigenvalue weighted by molar-refractivity contribution is 5.95. The third-order valence-corrected chi connectivity index (χ3v) is 7.05. The molecule has 2 heterocycles. The first-order valence-electron chi connectivity index (χ1n) is 12.4. The van der Waals surface area contributed by atoms with Crippen molar-refractivity contribution in [1.82, 2.24) is 4.40 Å². The lowest BCUT2D eigenvalue weighted by atomic mass is 9.91. The predicted octanol–water partition coefficient (Wildman–Crippen LogP) is 7.17. The molecule has 0 bridgehead atoms. The van der Waals surface area contributed by atoms with E-state index in [-0.39, 0.29) is 5.69 Å². The van der Waals surface area contributed by atoms with Gasteiger partial charge in [0.25, 0.3) is 0 Å². The largest absolute Gasteiger partial charge is 0.508 e. The van der Waals surface area contributed by atoms with Gasteiger partial charge in [-0.25, -0.2) is 0 Å². The number of hydrogen-bond acceptors (Lipinski definition) is 1. The Bertz CT molecular complexity index is 1860. The van der Waals surface area contributed by atoms with Crippen molar-refractivity contribution >= 4 is 16.3 Å². The molecule has 5 aromatic carbocycles. The number of hydrogen-bond donors (Lipinski definition) is 0. The second-order valence-corrected chi connectivity index (χ2v) is 9.27. The van der Waals surface area contributed by atoms with E-state index in [0.29, 0.717) is 0 Å². The molecule has 0 fully saturated rings. The summed E-state index contributed by atoms with van der Waals surface area (Å²) < 4.78 is 3.58. The molecule has 3 nitrogen and oxygen atoms in total. The van der Waals surface area contributed by atoms with Crippen LogP contribution in [0.4, 0.5) is 0 Å². The minimum absolute atomic E-state index is 0.0875. The van der Waals surface area contributed by atoms with Crippen LogP contribution in [0.25, 0.3) is 55.4 Å². The van der Waals surface area contributed by atoms with Crippen LogP contribution in [-0.4, -0.2) is 4.40 Å². The first-order chi connectivity index (χ1) is 18.3. The normalized spacial score (nSPS) is 11.4. The van der Waals surface area contributed by atoms with Crippen LogP contribution in [0.2, 0.25) is 0 Å². The molecule has 0 aliphatic rings. The van der Waals surface area contributed by atoms with Gasteiger partial charge in [-0.1, -0.05) is 103 Å². The summed E-state index contributed by atoms with van der Waals surface area (Å²) >= 11 is 0. The summed E-state index contributed by atoms with van der Waals surface area (Å²) in [5.74, 6) is 0. The molecule has 0 unspecified atom stereocenters. The zero-order valence-electron chi connectivity index (χ0n) is 20.1. The molecule has 0 radical (unpaired) electrons. The molecular formula is C34H23N2O+. The standard InChI is InChI=1S/C34H23N2O/c37-34-35-20-19-27-17-10-18-28(32(27)35)23-36(34)33-30(25-13-6-2-7-14-25)21-29(24-11-4-1-5-12-24)22-31(33)26-15-8-3-9-16-26/h1-23H/q+1. The molecular weight excluding hydrogens is 452 g/mol. The lowest BCUT2D eigenvalue weighted by Crippen LogP contribution is -2.51. The van der Waals surface area contributed by atoms with E-state index >= 15 is 0 Å². The summed E-state index contributed by atoms with van der Waals surface area (Å²) in [6.07, 6.45) is 3.86. The Kier molecular flexibility index (Phi) is 4.93. The van der Waals surface area contributed by atoms with Crippen LogP contribution in [0, 0.1) is 0 Å². The highest BCUT2D eigenvalue weighted by Crippen LogP contribution is 2.37. The van der Waals surface area contributed by atoms with E-state index in [2.05, 4.69) is 66.7 Å². The van der Waals surface area contributed by atoms with Gasteiger partial charge in [-0.2, -0.15) is 13.8 Å².